The number of hydrogen-bond acceptors (Lipinski definition) is 8. The van der Waals surface area contributed by atoms with Crippen molar-refractivity contribution in [3.05, 3.63) is 88.5 Å². The minimum absolute atomic E-state index is 0.0155. The molecule has 4 rings (SSSR count). The molecule has 1 fully saturated rings. The molecule has 6 atom stereocenters. The van der Waals surface area contributed by atoms with Gasteiger partial charge in [0, 0.05) is 41.9 Å². The highest BCUT2D eigenvalue weighted by molar-refractivity contribution is 5.66. The SMILES string of the molecule is CCCCCC(O)C=CC1=C(CC(O)CO)C(CCCC(CCC(=O)O)NCC)NC(C(C)(O)C2(c3ccc(O)cc3)CCCCC2)CC#Cc2ccccc2CC1. The van der Waals surface area contributed by atoms with Crippen molar-refractivity contribution >= 4 is 5.97 Å². The third-order valence-electron chi connectivity index (χ3n) is 12.8. The fraction of sp³-hybridized carbons (Fsp3) is 0.612. The van der Waals surface area contributed by atoms with E-state index in [0.29, 0.717) is 38.5 Å². The molecule has 2 aromatic carbocycles. The number of benzene rings is 2. The van der Waals surface area contributed by atoms with Gasteiger partial charge in [0.2, 0.25) is 0 Å². The number of carboxylic acid groups (broad SMARTS) is 1. The molecule has 1 aliphatic heterocycles. The Morgan fingerprint density at radius 1 is 1.00 bits per heavy atom. The van der Waals surface area contributed by atoms with Crippen LogP contribution in [0, 0.1) is 11.8 Å². The predicted octanol–water partition coefficient (Wildman–Crippen LogP) is 7.61. The van der Waals surface area contributed by atoms with Crippen LogP contribution in [-0.4, -0.2) is 85.7 Å². The molecule has 1 saturated carbocycles. The number of aliphatic hydroxyl groups is 4. The summed E-state index contributed by atoms with van der Waals surface area (Å²) < 4.78 is 0. The number of nitrogens with one attached hydrogen (secondary N) is 2. The van der Waals surface area contributed by atoms with Crippen LogP contribution >= 0.6 is 0 Å². The zero-order chi connectivity index (χ0) is 42.0. The smallest absolute Gasteiger partial charge is 0.303 e. The molecule has 2 aromatic rings. The summed E-state index contributed by atoms with van der Waals surface area (Å²) in [6, 6.07) is 14.6. The van der Waals surface area contributed by atoms with E-state index >= 15 is 0 Å². The van der Waals surface area contributed by atoms with Crippen LogP contribution in [0.4, 0.5) is 0 Å². The molecule has 0 saturated heterocycles. The number of rotatable bonds is 21. The highest BCUT2D eigenvalue weighted by atomic mass is 16.4. The van der Waals surface area contributed by atoms with Crippen LogP contribution in [0.2, 0.25) is 0 Å². The van der Waals surface area contributed by atoms with Crippen LogP contribution in [0.5, 0.6) is 5.75 Å². The summed E-state index contributed by atoms with van der Waals surface area (Å²) >= 11 is 0. The number of carbonyl (C=O) groups is 1. The van der Waals surface area contributed by atoms with Gasteiger partial charge in [0.25, 0.3) is 0 Å². The van der Waals surface area contributed by atoms with Crippen molar-refractivity contribution in [2.45, 2.75) is 178 Å². The fourth-order valence-corrected chi connectivity index (χ4v) is 9.35. The van der Waals surface area contributed by atoms with Crippen molar-refractivity contribution in [2.75, 3.05) is 13.2 Å². The summed E-state index contributed by atoms with van der Waals surface area (Å²) in [6.07, 6.45) is 15.0. The molecule has 8 N–H and O–H groups in total. The Morgan fingerprint density at radius 2 is 1.74 bits per heavy atom. The predicted molar refractivity (Wildman–Crippen MR) is 233 cm³/mol. The van der Waals surface area contributed by atoms with Crippen LogP contribution in [0.1, 0.15) is 147 Å². The van der Waals surface area contributed by atoms with E-state index in [1.807, 2.05) is 56.3 Å². The van der Waals surface area contributed by atoms with Gasteiger partial charge in [-0.05, 0) is 112 Å². The minimum atomic E-state index is -1.32. The van der Waals surface area contributed by atoms with Gasteiger partial charge in [-0.15, -0.1) is 0 Å². The number of hydrogen-bond donors (Lipinski definition) is 8. The Morgan fingerprint density at radius 3 is 2.43 bits per heavy atom. The van der Waals surface area contributed by atoms with Crippen molar-refractivity contribution in [2.24, 2.45) is 0 Å². The third kappa shape index (κ3) is 13.5. The first-order valence-electron chi connectivity index (χ1n) is 22.1. The molecule has 6 unspecified atom stereocenters. The van der Waals surface area contributed by atoms with Gasteiger partial charge in [-0.3, -0.25) is 4.79 Å². The Balaban J connectivity index is 1.91. The molecule has 0 radical (unpaired) electrons. The van der Waals surface area contributed by atoms with Gasteiger partial charge in [-0.2, -0.15) is 0 Å². The Kier molecular flexibility index (Phi) is 19.5. The molecule has 0 spiro atoms. The molecule has 0 amide bonds. The molecule has 1 heterocycles. The van der Waals surface area contributed by atoms with Crippen molar-refractivity contribution in [3.63, 3.8) is 0 Å². The standard InChI is InChI=1S/C49H72N2O7/c1-4-6-8-19-41(53)28-24-38-23-22-37-16-10-9-15-36(37)17-13-21-46(48(3,58)49(32-11-7-12-33-49)39-25-29-42(54)30-26-39)51-45(44(38)34-43(55)35-52)20-14-18-40(50-5-2)27-31-47(56)57/h9-10,15-16,24-26,28-30,40-41,43,45-46,50-55,58H,4-8,11-12,14,18-23,27,31-35H2,1-3H3,(H,56,57). The first-order valence-corrected chi connectivity index (χ1v) is 22.1. The molecule has 0 aromatic heterocycles. The topological polar surface area (TPSA) is 163 Å². The second-order valence-corrected chi connectivity index (χ2v) is 16.9. The van der Waals surface area contributed by atoms with Crippen LogP contribution < -0.4 is 10.6 Å². The number of phenols is 1. The number of carboxylic acids is 1. The van der Waals surface area contributed by atoms with Crippen LogP contribution in [0.15, 0.2) is 71.8 Å². The number of allylic oxidation sites excluding steroid dienone is 2. The van der Waals surface area contributed by atoms with Gasteiger partial charge < -0.3 is 41.3 Å². The van der Waals surface area contributed by atoms with E-state index in [0.717, 1.165) is 98.6 Å². The van der Waals surface area contributed by atoms with E-state index < -0.39 is 41.8 Å². The van der Waals surface area contributed by atoms with E-state index in [1.54, 1.807) is 12.1 Å². The summed E-state index contributed by atoms with van der Waals surface area (Å²) in [5.74, 6) is 6.30. The number of phenolic OH excluding ortho intramolecular Hbond substituents is 1. The first kappa shape index (κ1) is 47.2. The number of fused-ring (bicyclic) bond motifs is 1. The third-order valence-corrected chi connectivity index (χ3v) is 12.8. The van der Waals surface area contributed by atoms with Crippen molar-refractivity contribution < 1.29 is 35.4 Å². The van der Waals surface area contributed by atoms with E-state index in [9.17, 15) is 35.4 Å². The summed E-state index contributed by atoms with van der Waals surface area (Å²) in [6.45, 7) is 6.41. The van der Waals surface area contributed by atoms with Gasteiger partial charge in [-0.1, -0.05) is 113 Å². The number of aromatic hydroxyl groups is 1. The summed E-state index contributed by atoms with van der Waals surface area (Å²) in [4.78, 5) is 11.5. The average Bonchev–Trinajstić information content (AvgIpc) is 3.21. The van der Waals surface area contributed by atoms with E-state index in [-0.39, 0.29) is 30.7 Å². The quantitative estimate of drug-likeness (QED) is 0.0469. The normalized spacial score (nSPS) is 21.4. The van der Waals surface area contributed by atoms with Gasteiger partial charge >= 0.3 is 5.97 Å². The van der Waals surface area contributed by atoms with E-state index in [4.69, 9.17) is 0 Å². The largest absolute Gasteiger partial charge is 0.508 e. The maximum Gasteiger partial charge on any atom is 0.303 e. The molecule has 2 aliphatic rings. The summed E-state index contributed by atoms with van der Waals surface area (Å²) in [7, 11) is 0. The molecule has 58 heavy (non-hydrogen) atoms. The molecular formula is C49H72N2O7. The number of unbranched alkanes of at least 4 members (excludes halogenated alkanes) is 2. The Labute approximate surface area is 348 Å². The van der Waals surface area contributed by atoms with Crippen molar-refractivity contribution in [1.82, 2.24) is 10.6 Å². The van der Waals surface area contributed by atoms with Crippen LogP contribution in [-0.2, 0) is 16.6 Å². The highest BCUT2D eigenvalue weighted by Crippen LogP contribution is 2.49. The van der Waals surface area contributed by atoms with Gasteiger partial charge in [0.05, 0.1) is 24.4 Å². The molecule has 320 valence electrons. The molecule has 0 bridgehead atoms. The summed E-state index contributed by atoms with van der Waals surface area (Å²) in [5.41, 5.74) is 2.96. The van der Waals surface area contributed by atoms with Gasteiger partial charge in [-0.25, -0.2) is 0 Å². The van der Waals surface area contributed by atoms with Gasteiger partial charge in [0.15, 0.2) is 0 Å². The zero-order valence-electron chi connectivity index (χ0n) is 35.4. The molecule has 1 aliphatic carbocycles. The lowest BCUT2D eigenvalue weighted by Crippen LogP contribution is -2.63. The maximum absolute atomic E-state index is 13.3. The average molecular weight is 801 g/mol. The van der Waals surface area contributed by atoms with Crippen molar-refractivity contribution in [1.29, 1.82) is 0 Å². The number of aliphatic hydroxyl groups excluding tert-OH is 3. The monoisotopic (exact) mass is 801 g/mol. The highest BCUT2D eigenvalue weighted by Gasteiger charge is 2.53. The lowest BCUT2D eigenvalue weighted by molar-refractivity contribution is -0.137. The number of aryl methyl sites for hydroxylation is 1. The minimum Gasteiger partial charge on any atom is -0.508 e. The Hall–Kier alpha value is -3.49. The lowest BCUT2D eigenvalue weighted by atomic mass is 9.57. The Bertz CT molecular complexity index is 1670. The summed E-state index contributed by atoms with van der Waals surface area (Å²) in [5, 5.41) is 73.1. The number of aliphatic carboxylic acids is 1. The lowest BCUT2D eigenvalue weighted by Gasteiger charge is -2.52. The van der Waals surface area contributed by atoms with Gasteiger partial charge in [0.1, 0.15) is 5.75 Å². The van der Waals surface area contributed by atoms with Crippen LogP contribution in [0.3, 0.4) is 0 Å². The van der Waals surface area contributed by atoms with E-state index in [2.05, 4.69) is 35.5 Å². The first-order chi connectivity index (χ1) is 27.9. The second kappa shape index (κ2) is 23.9. The zero-order valence-corrected chi connectivity index (χ0v) is 35.4. The molecular weight excluding hydrogens is 729 g/mol. The maximum atomic E-state index is 13.3. The molecule has 9 nitrogen and oxygen atoms in total. The fourth-order valence-electron chi connectivity index (χ4n) is 9.35. The molecule has 9 heteroatoms. The van der Waals surface area contributed by atoms with Crippen molar-refractivity contribution in [3.8, 4) is 17.6 Å². The van der Waals surface area contributed by atoms with E-state index in [1.165, 1.54) is 0 Å². The van der Waals surface area contributed by atoms with Crippen LogP contribution in [0.25, 0.3) is 0 Å². The second-order valence-electron chi connectivity index (χ2n) is 16.9.